The molecule has 10 heteroatoms. The monoisotopic (exact) mass is 316 g/mol. The number of hydrogen-bond donors (Lipinski definition) is 1. The van der Waals surface area contributed by atoms with E-state index >= 15 is 0 Å². The van der Waals surface area contributed by atoms with Crippen molar-refractivity contribution in [1.82, 2.24) is 14.8 Å². The van der Waals surface area contributed by atoms with Crippen molar-refractivity contribution in [2.45, 2.75) is 10.9 Å². The smallest absolute Gasteiger partial charge is 0.268 e. The first-order valence-corrected chi connectivity index (χ1v) is 8.99. The highest BCUT2D eigenvalue weighted by Gasteiger charge is 2.24. The molecule has 0 amide bonds. The predicted octanol–water partition coefficient (Wildman–Crippen LogP) is -0.541. The van der Waals surface area contributed by atoms with Crippen LogP contribution in [0.3, 0.4) is 0 Å². The van der Waals surface area contributed by atoms with Gasteiger partial charge in [-0.1, -0.05) is 18.2 Å². The van der Waals surface area contributed by atoms with E-state index in [1.807, 2.05) is 0 Å². The number of rotatable bonds is 4. The fraction of sp³-hybridized carbons (Fsp3) is 0.200. The van der Waals surface area contributed by atoms with E-state index in [-0.39, 0.29) is 5.82 Å². The summed E-state index contributed by atoms with van der Waals surface area (Å²) >= 11 is 0. The van der Waals surface area contributed by atoms with E-state index in [0.29, 0.717) is 5.69 Å². The highest BCUT2D eigenvalue weighted by molar-refractivity contribution is 7.90. The average molecular weight is 316 g/mol. The first-order valence-electron chi connectivity index (χ1n) is 5.39. The van der Waals surface area contributed by atoms with Crippen LogP contribution in [0.15, 0.2) is 35.5 Å². The molecule has 0 bridgehead atoms. The molecule has 1 aromatic heterocycles. The second-order valence-electron chi connectivity index (χ2n) is 4.18. The molecule has 2 aromatic rings. The van der Waals surface area contributed by atoms with Crippen molar-refractivity contribution in [3.63, 3.8) is 0 Å². The molecule has 0 saturated carbocycles. The second kappa shape index (κ2) is 4.96. The molecule has 0 fully saturated rings. The lowest BCUT2D eigenvalue weighted by Crippen LogP contribution is -2.19. The molecule has 2 rings (SSSR count). The molecule has 1 aromatic carbocycles. The first-order chi connectivity index (χ1) is 9.18. The largest absolute Gasteiger partial charge is 0.274 e. The Morgan fingerprint density at radius 2 is 1.70 bits per heavy atom. The Labute approximate surface area is 116 Å². The summed E-state index contributed by atoms with van der Waals surface area (Å²) in [7, 11) is -7.52. The molecular formula is C10H12N4O4S2. The number of para-hydroxylation sites is 1. The van der Waals surface area contributed by atoms with Crippen LogP contribution in [0.4, 0.5) is 0 Å². The number of sulfonamides is 1. The Balaban J connectivity index is 2.70. The van der Waals surface area contributed by atoms with Crippen molar-refractivity contribution in [3.05, 3.63) is 36.2 Å². The van der Waals surface area contributed by atoms with Crippen molar-refractivity contribution in [2.75, 3.05) is 6.26 Å². The van der Waals surface area contributed by atoms with E-state index in [2.05, 4.69) is 10.2 Å². The summed E-state index contributed by atoms with van der Waals surface area (Å²) in [4.78, 5) is 0. The van der Waals surface area contributed by atoms with Gasteiger partial charge in [-0.2, -0.15) is 0 Å². The van der Waals surface area contributed by atoms with Crippen LogP contribution in [0.25, 0.3) is 5.69 Å². The summed E-state index contributed by atoms with van der Waals surface area (Å²) in [5.41, 5.74) is 0.417. The molecule has 0 spiro atoms. The molecule has 0 aliphatic heterocycles. The van der Waals surface area contributed by atoms with Gasteiger partial charge in [0.1, 0.15) is 5.75 Å². The Bertz CT molecular complexity index is 825. The lowest BCUT2D eigenvalue weighted by atomic mass is 10.3. The van der Waals surface area contributed by atoms with Gasteiger partial charge in [0, 0.05) is 11.9 Å². The van der Waals surface area contributed by atoms with Gasteiger partial charge >= 0.3 is 0 Å². The van der Waals surface area contributed by atoms with Crippen LogP contribution in [-0.4, -0.2) is 37.9 Å². The van der Waals surface area contributed by atoms with Crippen LogP contribution in [0.5, 0.6) is 0 Å². The van der Waals surface area contributed by atoms with Gasteiger partial charge in [0.05, 0.1) is 0 Å². The number of primary sulfonamides is 1. The molecule has 20 heavy (non-hydrogen) atoms. The zero-order chi connectivity index (χ0) is 15.0. The van der Waals surface area contributed by atoms with Gasteiger partial charge in [-0.25, -0.2) is 22.0 Å². The summed E-state index contributed by atoms with van der Waals surface area (Å²) in [6.45, 7) is 0. The Morgan fingerprint density at radius 1 is 1.10 bits per heavy atom. The third kappa shape index (κ3) is 3.21. The number of benzene rings is 1. The van der Waals surface area contributed by atoms with Gasteiger partial charge in [0.2, 0.25) is 0 Å². The SMILES string of the molecule is CS(=O)(=O)Cc1nnc(S(N)(=O)=O)n1-c1ccccc1. The molecule has 108 valence electrons. The lowest BCUT2D eigenvalue weighted by Gasteiger charge is -2.08. The Kier molecular flexibility index (Phi) is 3.63. The van der Waals surface area contributed by atoms with Gasteiger partial charge in [-0.3, -0.25) is 4.57 Å². The van der Waals surface area contributed by atoms with Crippen LogP contribution in [0.2, 0.25) is 0 Å². The summed E-state index contributed by atoms with van der Waals surface area (Å²) in [6, 6.07) is 8.29. The van der Waals surface area contributed by atoms with E-state index in [4.69, 9.17) is 5.14 Å². The van der Waals surface area contributed by atoms with Crippen LogP contribution >= 0.6 is 0 Å². The number of hydrogen-bond acceptors (Lipinski definition) is 6. The lowest BCUT2D eigenvalue weighted by molar-refractivity contribution is 0.583. The van der Waals surface area contributed by atoms with Crippen LogP contribution in [0.1, 0.15) is 5.82 Å². The second-order valence-corrected chi connectivity index (χ2v) is 7.78. The number of nitrogens with zero attached hydrogens (tertiary/aromatic N) is 3. The molecule has 0 atom stereocenters. The summed E-state index contributed by atoms with van der Waals surface area (Å²) in [5.74, 6) is -0.451. The van der Waals surface area contributed by atoms with Crippen molar-refractivity contribution < 1.29 is 16.8 Å². The van der Waals surface area contributed by atoms with E-state index < -0.39 is 30.8 Å². The third-order valence-electron chi connectivity index (χ3n) is 2.36. The van der Waals surface area contributed by atoms with Gasteiger partial charge in [-0.05, 0) is 12.1 Å². The first kappa shape index (κ1) is 14.6. The fourth-order valence-corrected chi connectivity index (χ4v) is 2.92. The van der Waals surface area contributed by atoms with E-state index in [1.54, 1.807) is 30.3 Å². The Hall–Kier alpha value is -1.78. The van der Waals surface area contributed by atoms with E-state index in [0.717, 1.165) is 10.8 Å². The standard InChI is InChI=1S/C10H12N4O4S2/c1-19(15,16)7-9-12-13-10(20(11,17)18)14(9)8-5-3-2-4-6-8/h2-6H,7H2,1H3,(H2,11,17,18). The maximum absolute atomic E-state index is 11.5. The maximum atomic E-state index is 11.5. The number of sulfone groups is 1. The highest BCUT2D eigenvalue weighted by atomic mass is 32.2. The molecule has 0 aliphatic carbocycles. The van der Waals surface area contributed by atoms with Crippen LogP contribution in [-0.2, 0) is 25.6 Å². The number of nitrogens with two attached hydrogens (primary N) is 1. The third-order valence-corrected chi connectivity index (χ3v) is 3.92. The van der Waals surface area contributed by atoms with Crippen LogP contribution in [0, 0.1) is 0 Å². The molecule has 0 saturated heterocycles. The minimum atomic E-state index is -4.12. The normalized spacial score (nSPS) is 12.5. The van der Waals surface area contributed by atoms with E-state index in [1.165, 1.54) is 0 Å². The van der Waals surface area contributed by atoms with Gasteiger partial charge in [0.25, 0.3) is 15.2 Å². The summed E-state index contributed by atoms with van der Waals surface area (Å²) in [6.07, 6.45) is 1.02. The van der Waals surface area contributed by atoms with Crippen molar-refractivity contribution in [1.29, 1.82) is 0 Å². The van der Waals surface area contributed by atoms with Gasteiger partial charge < -0.3 is 0 Å². The van der Waals surface area contributed by atoms with Gasteiger partial charge in [0.15, 0.2) is 15.7 Å². The fourth-order valence-electron chi connectivity index (χ4n) is 1.65. The molecular weight excluding hydrogens is 304 g/mol. The summed E-state index contributed by atoms with van der Waals surface area (Å²) < 4.78 is 46.9. The molecule has 2 N–H and O–H groups in total. The maximum Gasteiger partial charge on any atom is 0.274 e. The minimum absolute atomic E-state index is 0.0114. The average Bonchev–Trinajstić information content (AvgIpc) is 2.71. The quantitative estimate of drug-likeness (QED) is 0.807. The highest BCUT2D eigenvalue weighted by Crippen LogP contribution is 2.17. The van der Waals surface area contributed by atoms with Gasteiger partial charge in [-0.15, -0.1) is 10.2 Å². The van der Waals surface area contributed by atoms with E-state index in [9.17, 15) is 16.8 Å². The number of aromatic nitrogens is 3. The Morgan fingerprint density at radius 3 is 2.20 bits per heavy atom. The van der Waals surface area contributed by atoms with Crippen molar-refractivity contribution in [3.8, 4) is 5.69 Å². The molecule has 8 nitrogen and oxygen atoms in total. The van der Waals surface area contributed by atoms with Crippen LogP contribution < -0.4 is 5.14 Å². The molecule has 0 unspecified atom stereocenters. The molecule has 0 aliphatic rings. The predicted molar refractivity (Wildman–Crippen MR) is 71.3 cm³/mol. The van der Waals surface area contributed by atoms with Crippen molar-refractivity contribution in [2.24, 2.45) is 5.14 Å². The molecule has 0 radical (unpaired) electrons. The molecule has 1 heterocycles. The topological polar surface area (TPSA) is 125 Å². The zero-order valence-corrected chi connectivity index (χ0v) is 12.1. The van der Waals surface area contributed by atoms with Crippen molar-refractivity contribution >= 4 is 19.9 Å². The minimum Gasteiger partial charge on any atom is -0.268 e. The zero-order valence-electron chi connectivity index (χ0n) is 10.5. The summed E-state index contributed by atoms with van der Waals surface area (Å²) in [5, 5.41) is 11.7.